The quantitative estimate of drug-likeness (QED) is 0.376. The lowest BCUT2D eigenvalue weighted by atomic mass is 9.89. The van der Waals surface area contributed by atoms with Crippen LogP contribution in [-0.4, -0.2) is 49.1 Å². The zero-order valence-electron chi connectivity index (χ0n) is 17.2. The summed E-state index contributed by atoms with van der Waals surface area (Å²) in [6.07, 6.45) is 5.89. The highest BCUT2D eigenvalue weighted by molar-refractivity contribution is 5.99. The molecule has 0 atom stereocenters. The van der Waals surface area contributed by atoms with Gasteiger partial charge in [0, 0.05) is 43.1 Å². The number of amides is 1. The number of carbonyl (C=O) groups is 3. The van der Waals surface area contributed by atoms with E-state index in [0.717, 1.165) is 50.0 Å². The second-order valence-corrected chi connectivity index (χ2v) is 7.42. The van der Waals surface area contributed by atoms with Crippen LogP contribution in [0.4, 0.5) is 0 Å². The minimum atomic E-state index is -0.591. The van der Waals surface area contributed by atoms with Crippen LogP contribution < -0.4 is 5.32 Å². The van der Waals surface area contributed by atoms with Crippen molar-refractivity contribution < 1.29 is 23.9 Å². The van der Waals surface area contributed by atoms with Crippen LogP contribution in [0, 0.1) is 19.8 Å². The van der Waals surface area contributed by atoms with Crippen LogP contribution in [0.3, 0.4) is 0 Å². The molecule has 0 aliphatic heterocycles. The van der Waals surface area contributed by atoms with E-state index < -0.39 is 5.97 Å². The van der Waals surface area contributed by atoms with Gasteiger partial charge in [-0.15, -0.1) is 0 Å². The van der Waals surface area contributed by atoms with Crippen LogP contribution in [0.2, 0.25) is 0 Å². The molecule has 2 rings (SSSR count). The molecule has 0 saturated heterocycles. The Labute approximate surface area is 166 Å². The van der Waals surface area contributed by atoms with Gasteiger partial charge in [0.2, 0.25) is 11.7 Å². The van der Waals surface area contributed by atoms with Gasteiger partial charge in [-0.1, -0.05) is 19.3 Å². The lowest BCUT2D eigenvalue weighted by molar-refractivity contribution is -0.143. The van der Waals surface area contributed by atoms with Gasteiger partial charge in [-0.3, -0.25) is 14.4 Å². The maximum absolute atomic E-state index is 12.4. The fourth-order valence-electron chi connectivity index (χ4n) is 3.74. The van der Waals surface area contributed by atoms with Crippen molar-refractivity contribution in [2.45, 2.75) is 58.9 Å². The van der Waals surface area contributed by atoms with E-state index in [1.165, 1.54) is 6.42 Å². The third kappa shape index (κ3) is 6.19. The van der Waals surface area contributed by atoms with Crippen LogP contribution in [-0.2, 0) is 25.6 Å². The minimum Gasteiger partial charge on any atom is -0.456 e. The van der Waals surface area contributed by atoms with E-state index in [1.807, 2.05) is 19.9 Å². The number of hydrogen-bond acceptors (Lipinski definition) is 5. The van der Waals surface area contributed by atoms with Crippen molar-refractivity contribution in [3.05, 3.63) is 23.0 Å². The second-order valence-electron chi connectivity index (χ2n) is 7.42. The first kappa shape index (κ1) is 22.1. The standard InChI is InChI=1S/C21H32N2O5/c1-15-12-18(16(2)23(15)10-7-11-27-3)19(24)14-28-20(25)13-22-21(26)17-8-5-4-6-9-17/h12,17H,4-11,13-14H2,1-3H3,(H,22,26). The van der Waals surface area contributed by atoms with Crippen molar-refractivity contribution in [3.8, 4) is 0 Å². The fraction of sp³-hybridized carbons (Fsp3) is 0.667. The van der Waals surface area contributed by atoms with Crippen molar-refractivity contribution in [1.29, 1.82) is 0 Å². The molecule has 1 aliphatic carbocycles. The van der Waals surface area contributed by atoms with E-state index in [-0.39, 0.29) is 30.8 Å². The Morgan fingerprint density at radius 1 is 1.18 bits per heavy atom. The molecule has 1 amide bonds. The van der Waals surface area contributed by atoms with Crippen LogP contribution in [0.25, 0.3) is 0 Å². The first-order valence-corrected chi connectivity index (χ1v) is 10.1. The summed E-state index contributed by atoms with van der Waals surface area (Å²) in [7, 11) is 1.66. The van der Waals surface area contributed by atoms with Crippen molar-refractivity contribution in [3.63, 3.8) is 0 Å². The number of aryl methyl sites for hydroxylation is 1. The minimum absolute atomic E-state index is 0.00770. The Bertz CT molecular complexity index is 689. The van der Waals surface area contributed by atoms with E-state index in [0.29, 0.717) is 12.2 Å². The predicted octanol–water partition coefficient (Wildman–Crippen LogP) is 2.56. The van der Waals surface area contributed by atoms with Crippen LogP contribution in [0.5, 0.6) is 0 Å². The summed E-state index contributed by atoms with van der Waals surface area (Å²) in [5, 5.41) is 2.63. The van der Waals surface area contributed by atoms with Crippen molar-refractivity contribution in [1.82, 2.24) is 9.88 Å². The number of ether oxygens (including phenoxy) is 2. The van der Waals surface area contributed by atoms with Gasteiger partial charge in [0.15, 0.2) is 6.61 Å². The molecule has 0 aromatic carbocycles. The molecule has 0 bridgehead atoms. The molecule has 1 aromatic heterocycles. The topological polar surface area (TPSA) is 86.6 Å². The Hall–Kier alpha value is -2.15. The molecule has 1 N–H and O–H groups in total. The number of nitrogens with zero attached hydrogens (tertiary/aromatic N) is 1. The number of rotatable bonds is 10. The SMILES string of the molecule is COCCCn1c(C)cc(C(=O)COC(=O)CNC(=O)C2CCCCC2)c1C. The molecule has 7 nitrogen and oxygen atoms in total. The van der Waals surface area contributed by atoms with E-state index in [1.54, 1.807) is 7.11 Å². The van der Waals surface area contributed by atoms with Gasteiger partial charge in [-0.05, 0) is 39.2 Å². The predicted molar refractivity (Wildman–Crippen MR) is 105 cm³/mol. The van der Waals surface area contributed by atoms with Crippen molar-refractivity contribution in [2.24, 2.45) is 5.92 Å². The number of ketones is 1. The molecule has 1 aromatic rings. The maximum Gasteiger partial charge on any atom is 0.325 e. The monoisotopic (exact) mass is 392 g/mol. The van der Waals surface area contributed by atoms with Crippen molar-refractivity contribution >= 4 is 17.7 Å². The van der Waals surface area contributed by atoms with Crippen molar-refractivity contribution in [2.75, 3.05) is 26.9 Å². The largest absolute Gasteiger partial charge is 0.456 e. The molecule has 0 unspecified atom stereocenters. The molecular weight excluding hydrogens is 360 g/mol. The van der Waals surface area contributed by atoms with Gasteiger partial charge in [-0.2, -0.15) is 0 Å². The Kier molecular flexibility index (Phi) is 8.70. The molecule has 0 radical (unpaired) electrons. The number of aromatic nitrogens is 1. The van der Waals surface area contributed by atoms with E-state index in [9.17, 15) is 14.4 Å². The molecule has 1 heterocycles. The molecular formula is C21H32N2O5. The van der Waals surface area contributed by atoms with Gasteiger partial charge < -0.3 is 19.4 Å². The zero-order valence-corrected chi connectivity index (χ0v) is 17.2. The zero-order chi connectivity index (χ0) is 20.5. The number of esters is 1. The third-order valence-corrected chi connectivity index (χ3v) is 5.35. The lowest BCUT2D eigenvalue weighted by Gasteiger charge is -2.20. The Morgan fingerprint density at radius 3 is 2.57 bits per heavy atom. The average molecular weight is 392 g/mol. The summed E-state index contributed by atoms with van der Waals surface area (Å²) in [6.45, 7) is 4.75. The number of carbonyl (C=O) groups excluding carboxylic acids is 3. The van der Waals surface area contributed by atoms with E-state index in [2.05, 4.69) is 9.88 Å². The Morgan fingerprint density at radius 2 is 1.89 bits per heavy atom. The summed E-state index contributed by atoms with van der Waals surface area (Å²) in [4.78, 5) is 36.4. The van der Waals surface area contributed by atoms with Gasteiger partial charge in [0.05, 0.1) is 0 Å². The molecule has 7 heteroatoms. The summed E-state index contributed by atoms with van der Waals surface area (Å²) in [5.74, 6) is -0.932. The maximum atomic E-state index is 12.4. The smallest absolute Gasteiger partial charge is 0.325 e. The third-order valence-electron chi connectivity index (χ3n) is 5.35. The molecule has 156 valence electrons. The van der Waals surface area contributed by atoms with Gasteiger partial charge in [0.25, 0.3) is 0 Å². The van der Waals surface area contributed by atoms with E-state index in [4.69, 9.17) is 9.47 Å². The van der Waals surface area contributed by atoms with Gasteiger partial charge in [0.1, 0.15) is 6.54 Å². The van der Waals surface area contributed by atoms with Gasteiger partial charge in [-0.25, -0.2) is 0 Å². The normalized spacial score (nSPS) is 14.7. The fourth-order valence-corrected chi connectivity index (χ4v) is 3.74. The number of Topliss-reactive ketones (excluding diaryl/α,β-unsaturated/α-hetero) is 1. The molecule has 1 fully saturated rings. The summed E-state index contributed by atoms with van der Waals surface area (Å²) in [5.41, 5.74) is 2.41. The van der Waals surface area contributed by atoms with Gasteiger partial charge >= 0.3 is 5.97 Å². The second kappa shape index (κ2) is 11.0. The lowest BCUT2D eigenvalue weighted by Crippen LogP contribution is -2.36. The highest BCUT2D eigenvalue weighted by atomic mass is 16.5. The van der Waals surface area contributed by atoms with Crippen LogP contribution in [0.15, 0.2) is 6.07 Å². The highest BCUT2D eigenvalue weighted by Gasteiger charge is 2.22. The van der Waals surface area contributed by atoms with E-state index >= 15 is 0 Å². The molecule has 1 saturated carbocycles. The summed E-state index contributed by atoms with van der Waals surface area (Å²) >= 11 is 0. The molecule has 0 spiro atoms. The highest BCUT2D eigenvalue weighted by Crippen LogP contribution is 2.23. The summed E-state index contributed by atoms with van der Waals surface area (Å²) in [6, 6.07) is 1.82. The first-order chi connectivity index (χ1) is 13.4. The summed E-state index contributed by atoms with van der Waals surface area (Å²) < 4.78 is 12.2. The Balaban J connectivity index is 1.78. The number of hydrogen-bond donors (Lipinski definition) is 1. The molecule has 1 aliphatic rings. The van der Waals surface area contributed by atoms with Crippen LogP contribution in [0.1, 0.15) is 60.3 Å². The molecule has 28 heavy (non-hydrogen) atoms. The van der Waals surface area contributed by atoms with Crippen LogP contribution >= 0.6 is 0 Å². The number of nitrogens with one attached hydrogen (secondary N) is 1. The number of methoxy groups -OCH3 is 1. The first-order valence-electron chi connectivity index (χ1n) is 10.1. The average Bonchev–Trinajstić information content (AvgIpc) is 2.99.